The van der Waals surface area contributed by atoms with Crippen molar-refractivity contribution in [3.05, 3.63) is 59.5 Å². The first-order valence-corrected chi connectivity index (χ1v) is 8.41. The van der Waals surface area contributed by atoms with Crippen molar-refractivity contribution in [2.45, 2.75) is 19.5 Å². The molecule has 2 heterocycles. The van der Waals surface area contributed by atoms with Crippen LogP contribution in [-0.2, 0) is 11.3 Å². The van der Waals surface area contributed by atoms with E-state index in [4.69, 9.17) is 4.42 Å². The van der Waals surface area contributed by atoms with Gasteiger partial charge in [-0.15, -0.1) is 0 Å². The highest BCUT2D eigenvalue weighted by molar-refractivity contribution is 5.93. The molecule has 2 N–H and O–H groups in total. The summed E-state index contributed by atoms with van der Waals surface area (Å²) in [5.41, 5.74) is 1.97. The molecule has 0 unspecified atom stereocenters. The topological polar surface area (TPSA) is 74.6 Å². The van der Waals surface area contributed by atoms with Crippen LogP contribution in [0.1, 0.15) is 21.7 Å². The number of furan rings is 1. The molecular weight excluding hydrogens is 318 g/mol. The third kappa shape index (κ3) is 3.91. The van der Waals surface area contributed by atoms with Crippen LogP contribution in [0, 0.1) is 12.8 Å². The van der Waals surface area contributed by atoms with Crippen LogP contribution >= 0.6 is 0 Å². The number of likely N-dealkylation sites (tertiary alicyclic amines) is 1. The van der Waals surface area contributed by atoms with Gasteiger partial charge in [-0.1, -0.05) is 30.3 Å². The maximum absolute atomic E-state index is 12.4. The molecule has 1 saturated heterocycles. The van der Waals surface area contributed by atoms with E-state index in [2.05, 4.69) is 27.7 Å². The number of aryl methyl sites for hydroxylation is 1. The zero-order valence-corrected chi connectivity index (χ0v) is 14.5. The Labute approximate surface area is 147 Å². The zero-order valence-electron chi connectivity index (χ0n) is 14.5. The second-order valence-corrected chi connectivity index (χ2v) is 6.41. The van der Waals surface area contributed by atoms with Crippen molar-refractivity contribution >= 4 is 11.8 Å². The summed E-state index contributed by atoms with van der Waals surface area (Å²) in [6, 6.07) is 11.6. The van der Waals surface area contributed by atoms with Crippen molar-refractivity contribution < 1.29 is 14.0 Å². The molecule has 6 nitrogen and oxygen atoms in total. The van der Waals surface area contributed by atoms with E-state index < -0.39 is 0 Å². The number of nitrogens with zero attached hydrogens (tertiary/aromatic N) is 1. The number of hydrogen-bond donors (Lipinski definition) is 2. The van der Waals surface area contributed by atoms with Crippen LogP contribution in [0.5, 0.6) is 0 Å². The first kappa shape index (κ1) is 17.2. The van der Waals surface area contributed by atoms with Gasteiger partial charge in [0.1, 0.15) is 0 Å². The van der Waals surface area contributed by atoms with Crippen molar-refractivity contribution in [1.82, 2.24) is 15.5 Å². The van der Waals surface area contributed by atoms with Crippen molar-refractivity contribution in [1.29, 1.82) is 0 Å². The van der Waals surface area contributed by atoms with Gasteiger partial charge in [0, 0.05) is 32.2 Å². The van der Waals surface area contributed by atoms with Gasteiger partial charge in [0.15, 0.2) is 5.76 Å². The van der Waals surface area contributed by atoms with Gasteiger partial charge in [-0.25, -0.2) is 0 Å². The van der Waals surface area contributed by atoms with Gasteiger partial charge in [0.2, 0.25) is 5.91 Å². The molecule has 0 saturated carbocycles. The first-order chi connectivity index (χ1) is 12.1. The maximum Gasteiger partial charge on any atom is 0.287 e. The molecule has 1 aromatic heterocycles. The van der Waals surface area contributed by atoms with E-state index in [0.29, 0.717) is 18.8 Å². The highest BCUT2D eigenvalue weighted by Gasteiger charge is 2.38. The second kappa shape index (κ2) is 7.53. The molecular formula is C19H23N3O3. The molecule has 2 atom stereocenters. The largest absolute Gasteiger partial charge is 0.459 e. The molecule has 132 valence electrons. The summed E-state index contributed by atoms with van der Waals surface area (Å²) < 4.78 is 5.25. The Balaban J connectivity index is 1.70. The van der Waals surface area contributed by atoms with E-state index >= 15 is 0 Å². The van der Waals surface area contributed by atoms with Crippen molar-refractivity contribution in [3.63, 3.8) is 0 Å². The van der Waals surface area contributed by atoms with E-state index in [1.807, 2.05) is 25.1 Å². The normalized spacial score (nSPS) is 20.4. The molecule has 1 aromatic carbocycles. The van der Waals surface area contributed by atoms with Gasteiger partial charge < -0.3 is 15.1 Å². The number of amides is 2. The maximum atomic E-state index is 12.4. The van der Waals surface area contributed by atoms with E-state index in [-0.39, 0.29) is 23.8 Å². The van der Waals surface area contributed by atoms with Crippen LogP contribution < -0.4 is 10.6 Å². The van der Waals surface area contributed by atoms with Gasteiger partial charge in [0.25, 0.3) is 5.91 Å². The molecule has 2 amide bonds. The van der Waals surface area contributed by atoms with Crippen LogP contribution in [0.15, 0.2) is 47.1 Å². The molecule has 2 aromatic rings. The van der Waals surface area contributed by atoms with Crippen molar-refractivity contribution in [3.8, 4) is 0 Å². The van der Waals surface area contributed by atoms with E-state index in [0.717, 1.165) is 12.1 Å². The van der Waals surface area contributed by atoms with E-state index in [1.54, 1.807) is 13.1 Å². The van der Waals surface area contributed by atoms with Crippen molar-refractivity contribution in [2.75, 3.05) is 20.1 Å². The predicted molar refractivity (Wildman–Crippen MR) is 94.0 cm³/mol. The van der Waals surface area contributed by atoms with Gasteiger partial charge in [0.05, 0.1) is 18.2 Å². The van der Waals surface area contributed by atoms with E-state index in [1.165, 1.54) is 11.8 Å². The summed E-state index contributed by atoms with van der Waals surface area (Å²) in [6.07, 6.45) is 1.50. The first-order valence-electron chi connectivity index (χ1n) is 8.41. The monoisotopic (exact) mass is 341 g/mol. The molecule has 3 rings (SSSR count). The number of carbonyl (C=O) groups excluding carboxylic acids is 2. The van der Waals surface area contributed by atoms with Crippen LogP contribution in [0.4, 0.5) is 0 Å². The lowest BCUT2D eigenvalue weighted by Gasteiger charge is -2.18. The molecule has 1 fully saturated rings. The predicted octanol–water partition coefficient (Wildman–Crippen LogP) is 1.56. The second-order valence-electron chi connectivity index (χ2n) is 6.41. The average molecular weight is 341 g/mol. The number of benzene rings is 1. The fourth-order valence-electron chi connectivity index (χ4n) is 3.29. The fourth-order valence-corrected chi connectivity index (χ4v) is 3.29. The fraction of sp³-hybridized carbons (Fsp3) is 0.368. The Morgan fingerprint density at radius 1 is 1.20 bits per heavy atom. The number of carbonyl (C=O) groups is 2. The van der Waals surface area contributed by atoms with Gasteiger partial charge in [-0.05, 0) is 18.6 Å². The molecule has 0 spiro atoms. The Morgan fingerprint density at radius 2 is 1.96 bits per heavy atom. The summed E-state index contributed by atoms with van der Waals surface area (Å²) in [7, 11) is 1.62. The third-order valence-corrected chi connectivity index (χ3v) is 4.61. The SMILES string of the molecule is CNC(=O)[C@H]1CN(Cc2ccccc2)C[C@@H]1NC(=O)c1occc1C. The minimum atomic E-state index is -0.284. The number of rotatable bonds is 5. The summed E-state index contributed by atoms with van der Waals surface area (Å²) >= 11 is 0. The van der Waals surface area contributed by atoms with Gasteiger partial charge >= 0.3 is 0 Å². The van der Waals surface area contributed by atoms with E-state index in [9.17, 15) is 9.59 Å². The average Bonchev–Trinajstić information content (AvgIpc) is 3.21. The summed E-state index contributed by atoms with van der Waals surface area (Å²) in [6.45, 7) is 3.81. The molecule has 1 aliphatic heterocycles. The quantitative estimate of drug-likeness (QED) is 0.866. The Kier molecular flexibility index (Phi) is 5.19. The van der Waals surface area contributed by atoms with Crippen LogP contribution in [0.2, 0.25) is 0 Å². The Hall–Kier alpha value is -2.60. The minimum absolute atomic E-state index is 0.0583. The van der Waals surface area contributed by atoms with Crippen LogP contribution in [0.3, 0.4) is 0 Å². The molecule has 0 radical (unpaired) electrons. The molecule has 0 bridgehead atoms. The standard InChI is InChI=1S/C19H23N3O3/c1-13-8-9-25-17(13)19(24)21-16-12-22(11-15(16)18(23)20-2)10-14-6-4-3-5-7-14/h3-9,15-16H,10-12H2,1-2H3,(H,20,23)(H,21,24)/t15-,16-/m0/s1. The highest BCUT2D eigenvalue weighted by atomic mass is 16.3. The lowest BCUT2D eigenvalue weighted by atomic mass is 10.0. The van der Waals surface area contributed by atoms with Gasteiger partial charge in [-0.3, -0.25) is 14.5 Å². The molecule has 0 aliphatic carbocycles. The third-order valence-electron chi connectivity index (χ3n) is 4.61. The van der Waals surface area contributed by atoms with Crippen LogP contribution in [-0.4, -0.2) is 42.9 Å². The Morgan fingerprint density at radius 3 is 2.60 bits per heavy atom. The minimum Gasteiger partial charge on any atom is -0.459 e. The lowest BCUT2D eigenvalue weighted by Crippen LogP contribution is -2.45. The van der Waals surface area contributed by atoms with Gasteiger partial charge in [-0.2, -0.15) is 0 Å². The zero-order chi connectivity index (χ0) is 17.8. The summed E-state index contributed by atoms with van der Waals surface area (Å²) in [4.78, 5) is 26.9. The van der Waals surface area contributed by atoms with Crippen molar-refractivity contribution in [2.24, 2.45) is 5.92 Å². The smallest absolute Gasteiger partial charge is 0.287 e. The number of hydrogen-bond acceptors (Lipinski definition) is 4. The molecule has 1 aliphatic rings. The highest BCUT2D eigenvalue weighted by Crippen LogP contribution is 2.21. The summed E-state index contributed by atoms with van der Waals surface area (Å²) in [5.74, 6) is -0.315. The molecule has 6 heteroatoms. The van der Waals surface area contributed by atoms with Crippen LogP contribution in [0.25, 0.3) is 0 Å². The summed E-state index contributed by atoms with van der Waals surface area (Å²) in [5, 5.41) is 5.67. The number of nitrogens with one attached hydrogen (secondary N) is 2. The lowest BCUT2D eigenvalue weighted by molar-refractivity contribution is -0.124. The molecule has 25 heavy (non-hydrogen) atoms. The Bertz CT molecular complexity index is 741.